The summed E-state index contributed by atoms with van der Waals surface area (Å²) in [6.07, 6.45) is 2.68. The molecule has 0 amide bonds. The number of pyridine rings is 1. The van der Waals surface area contributed by atoms with Crippen LogP contribution in [0.25, 0.3) is 11.1 Å². The van der Waals surface area contributed by atoms with Crippen molar-refractivity contribution in [2.24, 2.45) is 0 Å². The predicted octanol–water partition coefficient (Wildman–Crippen LogP) is 4.95. The van der Waals surface area contributed by atoms with E-state index in [-0.39, 0.29) is 32.7 Å². The van der Waals surface area contributed by atoms with E-state index in [4.69, 9.17) is 4.74 Å². The first kappa shape index (κ1) is 21.4. The zero-order valence-corrected chi connectivity index (χ0v) is 17.6. The number of hydrogen-bond acceptors (Lipinski definition) is 7. The molecule has 11 heteroatoms. The quantitative estimate of drug-likeness (QED) is 0.400. The van der Waals surface area contributed by atoms with Crippen LogP contribution in [0.5, 0.6) is 11.5 Å². The fraction of sp³-hybridized carbons (Fsp3) is 0. The van der Waals surface area contributed by atoms with Gasteiger partial charge >= 0.3 is 0 Å². The van der Waals surface area contributed by atoms with Gasteiger partial charge in [0.15, 0.2) is 5.13 Å². The van der Waals surface area contributed by atoms with Crippen LogP contribution in [0.1, 0.15) is 5.56 Å². The molecule has 2 aromatic carbocycles. The Morgan fingerprint density at radius 1 is 1.03 bits per heavy atom. The van der Waals surface area contributed by atoms with Gasteiger partial charge in [-0.25, -0.2) is 22.8 Å². The van der Waals surface area contributed by atoms with E-state index in [9.17, 15) is 22.5 Å². The normalized spacial score (nSPS) is 11.0. The molecule has 1 N–H and O–H groups in total. The van der Waals surface area contributed by atoms with Crippen molar-refractivity contribution in [1.29, 1.82) is 5.26 Å². The topological polar surface area (TPSA) is 105 Å². The first-order valence-corrected chi connectivity index (χ1v) is 11.3. The van der Waals surface area contributed by atoms with E-state index in [2.05, 4.69) is 14.7 Å². The largest absolute Gasteiger partial charge is 0.455 e. The number of nitriles is 1. The van der Waals surface area contributed by atoms with Crippen LogP contribution >= 0.6 is 11.3 Å². The molecule has 0 aliphatic carbocycles. The second-order valence-corrected chi connectivity index (χ2v) is 8.90. The lowest BCUT2D eigenvalue weighted by atomic mass is 10.1. The van der Waals surface area contributed by atoms with E-state index in [1.54, 1.807) is 5.38 Å². The number of hydrogen-bond donors (Lipinski definition) is 1. The Labute approximate surface area is 185 Å². The average Bonchev–Trinajstić information content (AvgIpc) is 3.28. The Morgan fingerprint density at radius 2 is 1.84 bits per heavy atom. The molecule has 2 aromatic heterocycles. The van der Waals surface area contributed by atoms with Crippen molar-refractivity contribution in [2.45, 2.75) is 4.90 Å². The predicted molar refractivity (Wildman–Crippen MR) is 114 cm³/mol. The molecule has 4 aromatic rings. The summed E-state index contributed by atoms with van der Waals surface area (Å²) in [5, 5.41) is 11.3. The van der Waals surface area contributed by atoms with Gasteiger partial charge in [0.1, 0.15) is 23.4 Å². The van der Waals surface area contributed by atoms with Crippen molar-refractivity contribution >= 4 is 26.5 Å². The zero-order chi connectivity index (χ0) is 22.7. The maximum Gasteiger partial charge on any atom is 0.263 e. The van der Waals surface area contributed by atoms with E-state index in [0.29, 0.717) is 5.56 Å². The maximum absolute atomic E-state index is 13.9. The molecule has 0 fully saturated rings. The molecule has 0 saturated heterocycles. The molecule has 0 bridgehead atoms. The van der Waals surface area contributed by atoms with Crippen LogP contribution in [0.15, 0.2) is 71.2 Å². The molecule has 0 aliphatic rings. The van der Waals surface area contributed by atoms with E-state index < -0.39 is 21.8 Å². The molecule has 0 radical (unpaired) electrons. The van der Waals surface area contributed by atoms with Crippen LogP contribution in [0.3, 0.4) is 0 Å². The molecule has 4 rings (SSSR count). The highest BCUT2D eigenvalue weighted by atomic mass is 32.2. The van der Waals surface area contributed by atoms with Gasteiger partial charge in [-0.2, -0.15) is 9.65 Å². The van der Waals surface area contributed by atoms with E-state index in [1.807, 2.05) is 6.07 Å². The molecule has 0 spiro atoms. The molecule has 32 heavy (non-hydrogen) atoms. The van der Waals surface area contributed by atoms with E-state index in [1.165, 1.54) is 48.8 Å². The molecule has 2 heterocycles. The van der Waals surface area contributed by atoms with Crippen LogP contribution in [0, 0.1) is 23.1 Å². The lowest BCUT2D eigenvalue weighted by Crippen LogP contribution is -2.13. The summed E-state index contributed by atoms with van der Waals surface area (Å²) in [5.74, 6) is -1.01. The van der Waals surface area contributed by atoms with Crippen molar-refractivity contribution in [3.05, 3.63) is 83.6 Å². The second kappa shape index (κ2) is 8.70. The number of halogens is 2. The first-order chi connectivity index (χ1) is 15.4. The summed E-state index contributed by atoms with van der Waals surface area (Å²) >= 11 is 1.11. The van der Waals surface area contributed by atoms with Gasteiger partial charge in [-0.1, -0.05) is 0 Å². The lowest BCUT2D eigenvalue weighted by molar-refractivity contribution is 0.480. The number of ether oxygens (including phenoxy) is 1. The van der Waals surface area contributed by atoms with Gasteiger partial charge in [-0.05, 0) is 48.5 Å². The highest BCUT2D eigenvalue weighted by molar-refractivity contribution is 7.93. The van der Waals surface area contributed by atoms with Gasteiger partial charge in [0, 0.05) is 28.9 Å². The number of anilines is 1. The molecular formula is C21H12F2N4O3S2. The number of rotatable bonds is 6. The number of aromatic nitrogens is 2. The summed E-state index contributed by atoms with van der Waals surface area (Å²) in [6.45, 7) is 0. The summed E-state index contributed by atoms with van der Waals surface area (Å²) in [4.78, 5) is 7.28. The third-order valence-corrected chi connectivity index (χ3v) is 6.39. The van der Waals surface area contributed by atoms with Crippen LogP contribution in [-0.4, -0.2) is 18.4 Å². The Hall–Kier alpha value is -3.88. The van der Waals surface area contributed by atoms with Crippen LogP contribution in [0.4, 0.5) is 13.9 Å². The van der Waals surface area contributed by atoms with Gasteiger partial charge in [-0.3, -0.25) is 4.72 Å². The van der Waals surface area contributed by atoms with E-state index in [0.717, 1.165) is 23.5 Å². The van der Waals surface area contributed by atoms with Crippen molar-refractivity contribution in [2.75, 3.05) is 4.72 Å². The zero-order valence-electron chi connectivity index (χ0n) is 16.0. The standard InChI is InChI=1S/C21H12F2N4O3S2/c22-15-2-4-19(17(10-15)13-1-6-20(23)26-12-13)30-18-5-3-16(9-14(18)11-24)32(28,29)27-21-25-7-8-31-21/h1-10,12H,(H,25,27). The summed E-state index contributed by atoms with van der Waals surface area (Å²) in [6, 6.07) is 11.9. The highest BCUT2D eigenvalue weighted by Gasteiger charge is 2.19. The number of sulfonamides is 1. The van der Waals surface area contributed by atoms with Crippen molar-refractivity contribution < 1.29 is 21.9 Å². The summed E-state index contributed by atoms with van der Waals surface area (Å²) < 4.78 is 60.3. The van der Waals surface area contributed by atoms with Gasteiger partial charge < -0.3 is 4.74 Å². The number of nitrogens with zero attached hydrogens (tertiary/aromatic N) is 3. The molecule has 7 nitrogen and oxygen atoms in total. The molecule has 0 saturated carbocycles. The number of benzene rings is 2. The summed E-state index contributed by atoms with van der Waals surface area (Å²) in [5.41, 5.74) is 0.620. The minimum absolute atomic E-state index is 0.0560. The SMILES string of the molecule is N#Cc1cc(S(=O)(=O)Nc2nccs2)ccc1Oc1ccc(F)cc1-c1ccc(F)nc1. The fourth-order valence-electron chi connectivity index (χ4n) is 2.77. The molecule has 0 unspecified atom stereocenters. The first-order valence-electron chi connectivity index (χ1n) is 8.91. The van der Waals surface area contributed by atoms with Crippen molar-refractivity contribution in [1.82, 2.24) is 9.97 Å². The monoisotopic (exact) mass is 470 g/mol. The van der Waals surface area contributed by atoms with Crippen molar-refractivity contribution in [3.63, 3.8) is 0 Å². The number of nitrogens with one attached hydrogen (secondary N) is 1. The Kier molecular flexibility index (Phi) is 5.81. The average molecular weight is 470 g/mol. The van der Waals surface area contributed by atoms with Gasteiger partial charge in [0.2, 0.25) is 5.95 Å². The summed E-state index contributed by atoms with van der Waals surface area (Å²) in [7, 11) is -3.97. The molecule has 0 atom stereocenters. The minimum atomic E-state index is -3.97. The third kappa shape index (κ3) is 4.56. The number of thiazole rings is 1. The Morgan fingerprint density at radius 3 is 2.53 bits per heavy atom. The van der Waals surface area contributed by atoms with E-state index >= 15 is 0 Å². The van der Waals surface area contributed by atoms with Crippen LogP contribution in [-0.2, 0) is 10.0 Å². The molecular weight excluding hydrogens is 458 g/mol. The van der Waals surface area contributed by atoms with Crippen LogP contribution in [0.2, 0.25) is 0 Å². The van der Waals surface area contributed by atoms with Gasteiger partial charge in [-0.15, -0.1) is 11.3 Å². The van der Waals surface area contributed by atoms with Crippen molar-refractivity contribution in [3.8, 4) is 28.7 Å². The maximum atomic E-state index is 13.9. The smallest absolute Gasteiger partial charge is 0.263 e. The second-order valence-electron chi connectivity index (χ2n) is 6.32. The van der Waals surface area contributed by atoms with Gasteiger partial charge in [0.05, 0.1) is 10.5 Å². The van der Waals surface area contributed by atoms with Gasteiger partial charge in [0.25, 0.3) is 10.0 Å². The molecule has 0 aliphatic heterocycles. The Balaban J connectivity index is 1.69. The highest BCUT2D eigenvalue weighted by Crippen LogP contribution is 2.35. The lowest BCUT2D eigenvalue weighted by Gasteiger charge is -2.13. The minimum Gasteiger partial charge on any atom is -0.455 e. The third-order valence-electron chi connectivity index (χ3n) is 4.24. The molecule has 160 valence electrons. The Bertz CT molecular complexity index is 1420. The van der Waals surface area contributed by atoms with Crippen LogP contribution < -0.4 is 9.46 Å². The fourth-order valence-corrected chi connectivity index (χ4v) is 4.59.